The molecule has 0 spiro atoms. The smallest absolute Gasteiger partial charge is 0.315 e. The molecule has 0 aromatic heterocycles. The lowest BCUT2D eigenvalue weighted by Crippen LogP contribution is -2.54. The van der Waals surface area contributed by atoms with Crippen LogP contribution in [-0.2, 0) is 5.60 Å². The number of hydrogen-bond acceptors (Lipinski definition) is 3. The number of amides is 2. The summed E-state index contributed by atoms with van der Waals surface area (Å²) in [5.41, 5.74) is 0.226. The molecule has 2 saturated heterocycles. The number of nitrogens with one attached hydrogen (secondary N) is 2. The number of carbonyl (C=O) groups excluding carboxylic acids is 1. The maximum Gasteiger partial charge on any atom is 0.315 e. The van der Waals surface area contributed by atoms with E-state index in [4.69, 9.17) is 0 Å². The highest BCUT2D eigenvalue weighted by atomic mass is 16.3. The van der Waals surface area contributed by atoms with E-state index in [1.165, 1.54) is 57.9 Å². The summed E-state index contributed by atoms with van der Waals surface area (Å²) < 4.78 is 0. The highest BCUT2D eigenvalue weighted by Gasteiger charge is 2.39. The Labute approximate surface area is 216 Å². The fraction of sp³-hybridized carbons (Fsp3) is 0.581. The lowest BCUT2D eigenvalue weighted by Gasteiger charge is -2.37. The molecule has 3 fully saturated rings. The zero-order valence-corrected chi connectivity index (χ0v) is 21.7. The minimum absolute atomic E-state index is 0.193. The number of urea groups is 1. The van der Waals surface area contributed by atoms with Gasteiger partial charge < -0.3 is 15.7 Å². The van der Waals surface area contributed by atoms with Crippen LogP contribution in [0.4, 0.5) is 4.79 Å². The van der Waals surface area contributed by atoms with Gasteiger partial charge in [0.2, 0.25) is 0 Å². The van der Waals surface area contributed by atoms with Crippen LogP contribution in [0.15, 0.2) is 60.7 Å². The van der Waals surface area contributed by atoms with Crippen LogP contribution in [0.1, 0.15) is 82.3 Å². The summed E-state index contributed by atoms with van der Waals surface area (Å²) >= 11 is 0. The van der Waals surface area contributed by atoms with Crippen molar-refractivity contribution in [2.24, 2.45) is 5.92 Å². The maximum absolute atomic E-state index is 13.0. The van der Waals surface area contributed by atoms with E-state index in [0.29, 0.717) is 0 Å². The molecule has 2 bridgehead atoms. The Morgan fingerprint density at radius 3 is 2.00 bits per heavy atom. The van der Waals surface area contributed by atoms with Crippen molar-refractivity contribution < 1.29 is 9.90 Å². The lowest BCUT2D eigenvalue weighted by molar-refractivity contribution is 0.0470. The largest absolute Gasteiger partial charge is 0.378 e. The van der Waals surface area contributed by atoms with Gasteiger partial charge in [-0.1, -0.05) is 67.1 Å². The Morgan fingerprint density at radius 1 is 0.889 bits per heavy atom. The second-order valence-electron chi connectivity index (χ2n) is 11.4. The fourth-order valence-corrected chi connectivity index (χ4v) is 7.10. The van der Waals surface area contributed by atoms with Crippen LogP contribution in [0.25, 0.3) is 0 Å². The first-order valence-electron chi connectivity index (χ1n) is 14.2. The van der Waals surface area contributed by atoms with E-state index < -0.39 is 11.6 Å². The number of hydrogen-bond donors (Lipinski definition) is 3. The fourth-order valence-electron chi connectivity index (χ4n) is 7.10. The molecule has 3 aliphatic rings. The summed E-state index contributed by atoms with van der Waals surface area (Å²) in [6.45, 7) is 3.15. The number of piperidine rings is 1. The molecule has 2 aromatic carbocycles. The van der Waals surface area contributed by atoms with Gasteiger partial charge in [0.05, 0.1) is 6.04 Å². The van der Waals surface area contributed by atoms with Gasteiger partial charge in [-0.15, -0.1) is 0 Å². The first kappa shape index (κ1) is 25.3. The second-order valence-corrected chi connectivity index (χ2v) is 11.4. The van der Waals surface area contributed by atoms with Gasteiger partial charge >= 0.3 is 6.03 Å². The van der Waals surface area contributed by atoms with E-state index in [2.05, 4.69) is 15.5 Å². The molecule has 2 amide bonds. The molecule has 1 aliphatic carbocycles. The molecule has 3 N–H and O–H groups in total. The van der Waals surface area contributed by atoms with E-state index in [1.54, 1.807) is 0 Å². The molecule has 5 nitrogen and oxygen atoms in total. The molecule has 3 atom stereocenters. The first-order valence-corrected chi connectivity index (χ1v) is 14.2. The zero-order chi connectivity index (χ0) is 25.0. The number of benzene rings is 2. The molecule has 5 heteroatoms. The SMILES string of the molecule is C[C@H](NC(=O)NC1CCC(CCN2[C@@H]3CCC[C@H]2CC3)CC1)C(O)(c1ccccc1)c1ccccc1. The summed E-state index contributed by atoms with van der Waals surface area (Å²) in [5.74, 6) is 0.785. The Kier molecular flexibility index (Phi) is 7.97. The van der Waals surface area contributed by atoms with Crippen LogP contribution in [0, 0.1) is 5.92 Å². The normalized spacial score (nSPS) is 27.4. The molecular formula is C31H43N3O2. The van der Waals surface area contributed by atoms with Gasteiger partial charge in [0, 0.05) is 18.1 Å². The third-order valence-corrected chi connectivity index (χ3v) is 9.23. The third-order valence-electron chi connectivity index (χ3n) is 9.23. The molecule has 0 unspecified atom stereocenters. The van der Waals surface area contributed by atoms with E-state index in [1.807, 2.05) is 67.6 Å². The molecule has 2 aromatic rings. The standard InChI is InChI=1S/C31H43N3O2/c1-23(31(36,25-9-4-2-5-10-25)26-11-6-3-7-12-26)32-30(35)33-27-17-15-24(16-18-27)21-22-34-28-13-8-14-29(34)20-19-28/h2-7,9-12,23-24,27-29,36H,8,13-22H2,1H3,(H2,32,33,35)/t23-,24?,27?,28-,29+/m0/s1. The quantitative estimate of drug-likeness (QED) is 0.454. The lowest BCUT2D eigenvalue weighted by atomic mass is 9.81. The van der Waals surface area contributed by atoms with Crippen LogP contribution in [0.5, 0.6) is 0 Å². The summed E-state index contributed by atoms with van der Waals surface area (Å²) in [6.07, 6.45) is 12.9. The average molecular weight is 490 g/mol. The zero-order valence-electron chi connectivity index (χ0n) is 21.7. The van der Waals surface area contributed by atoms with Crippen LogP contribution >= 0.6 is 0 Å². The Morgan fingerprint density at radius 2 is 1.44 bits per heavy atom. The van der Waals surface area contributed by atoms with Crippen molar-refractivity contribution in [2.45, 2.75) is 101 Å². The average Bonchev–Trinajstić information content (AvgIpc) is 3.13. The van der Waals surface area contributed by atoms with Crippen molar-refractivity contribution in [1.82, 2.24) is 15.5 Å². The Balaban J connectivity index is 1.12. The predicted octanol–water partition coefficient (Wildman–Crippen LogP) is 5.58. The summed E-state index contributed by atoms with van der Waals surface area (Å²) in [7, 11) is 0. The van der Waals surface area contributed by atoms with Crippen molar-refractivity contribution >= 4 is 6.03 Å². The second kappa shape index (κ2) is 11.4. The van der Waals surface area contributed by atoms with Crippen molar-refractivity contribution in [2.75, 3.05) is 6.54 Å². The van der Waals surface area contributed by atoms with E-state index >= 15 is 0 Å². The highest BCUT2D eigenvalue weighted by Crippen LogP contribution is 2.37. The van der Waals surface area contributed by atoms with Gasteiger partial charge in [0.25, 0.3) is 0 Å². The van der Waals surface area contributed by atoms with Crippen molar-refractivity contribution in [3.63, 3.8) is 0 Å². The van der Waals surface area contributed by atoms with Crippen LogP contribution in [0.2, 0.25) is 0 Å². The van der Waals surface area contributed by atoms with E-state index in [-0.39, 0.29) is 12.1 Å². The molecule has 36 heavy (non-hydrogen) atoms. The Hall–Kier alpha value is -2.37. The van der Waals surface area contributed by atoms with Crippen molar-refractivity contribution in [1.29, 1.82) is 0 Å². The van der Waals surface area contributed by atoms with Crippen molar-refractivity contribution in [3.05, 3.63) is 71.8 Å². The van der Waals surface area contributed by atoms with E-state index in [9.17, 15) is 9.90 Å². The molecular weight excluding hydrogens is 446 g/mol. The number of rotatable bonds is 8. The van der Waals surface area contributed by atoms with Gasteiger partial charge in [-0.05, 0) is 88.3 Å². The predicted molar refractivity (Wildman–Crippen MR) is 145 cm³/mol. The van der Waals surface area contributed by atoms with Crippen LogP contribution in [0.3, 0.4) is 0 Å². The molecule has 0 radical (unpaired) electrons. The summed E-state index contributed by atoms with van der Waals surface area (Å²) in [6, 6.07) is 20.5. The van der Waals surface area contributed by atoms with Gasteiger partial charge in [0.1, 0.15) is 5.60 Å². The van der Waals surface area contributed by atoms with Gasteiger partial charge in [0.15, 0.2) is 0 Å². The number of aliphatic hydroxyl groups is 1. The maximum atomic E-state index is 13.0. The van der Waals surface area contributed by atoms with Gasteiger partial charge in [-0.25, -0.2) is 4.79 Å². The molecule has 1 saturated carbocycles. The summed E-state index contributed by atoms with van der Waals surface area (Å²) in [4.78, 5) is 15.8. The Bertz CT molecular complexity index is 918. The minimum Gasteiger partial charge on any atom is -0.378 e. The molecule has 194 valence electrons. The summed E-state index contributed by atoms with van der Waals surface area (Å²) in [5, 5.41) is 18.1. The van der Waals surface area contributed by atoms with Gasteiger partial charge in [-0.3, -0.25) is 4.90 Å². The topological polar surface area (TPSA) is 64.6 Å². The minimum atomic E-state index is -1.31. The number of carbonyl (C=O) groups is 1. The van der Waals surface area contributed by atoms with Crippen molar-refractivity contribution in [3.8, 4) is 0 Å². The molecule has 5 rings (SSSR count). The number of nitrogens with zero attached hydrogens (tertiary/aromatic N) is 1. The third kappa shape index (κ3) is 5.47. The monoisotopic (exact) mass is 489 g/mol. The first-order chi connectivity index (χ1) is 17.5. The number of fused-ring (bicyclic) bond motifs is 2. The van der Waals surface area contributed by atoms with Gasteiger partial charge in [-0.2, -0.15) is 0 Å². The molecule has 2 heterocycles. The van der Waals surface area contributed by atoms with E-state index in [0.717, 1.165) is 42.0 Å². The van der Waals surface area contributed by atoms with Crippen LogP contribution < -0.4 is 10.6 Å². The molecule has 2 aliphatic heterocycles. The van der Waals surface area contributed by atoms with Crippen LogP contribution in [-0.4, -0.2) is 46.7 Å². The highest BCUT2D eigenvalue weighted by molar-refractivity contribution is 5.75.